The monoisotopic (exact) mass is 325 g/mol. The third-order valence-electron chi connectivity index (χ3n) is 3.24. The van der Waals surface area contributed by atoms with E-state index in [4.69, 9.17) is 0 Å². The summed E-state index contributed by atoms with van der Waals surface area (Å²) >= 11 is 1.29. The van der Waals surface area contributed by atoms with Crippen LogP contribution in [-0.2, 0) is 0 Å². The summed E-state index contributed by atoms with van der Waals surface area (Å²) in [6, 6.07) is 7.19. The van der Waals surface area contributed by atoms with Gasteiger partial charge in [0.25, 0.3) is 5.91 Å². The first-order chi connectivity index (χ1) is 11.1. The predicted molar refractivity (Wildman–Crippen MR) is 88.0 cm³/mol. The van der Waals surface area contributed by atoms with E-state index in [1.165, 1.54) is 11.3 Å². The number of hydrogen-bond donors (Lipinski definition) is 1. The molecule has 3 aromatic heterocycles. The van der Waals surface area contributed by atoms with E-state index in [-0.39, 0.29) is 11.9 Å². The molecule has 0 saturated carbocycles. The van der Waals surface area contributed by atoms with Crippen LogP contribution in [0.5, 0.6) is 0 Å². The number of aromatic nitrogens is 4. The SMILES string of the molecule is Cc1nc(-c2ncccn2)sc1C(=O)N[C@H](C)c1ccccn1. The number of carbonyl (C=O) groups excluding carboxylic acids is 1. The zero-order valence-corrected chi connectivity index (χ0v) is 13.5. The summed E-state index contributed by atoms with van der Waals surface area (Å²) in [6.45, 7) is 3.71. The minimum Gasteiger partial charge on any atom is -0.343 e. The summed E-state index contributed by atoms with van der Waals surface area (Å²) in [5.74, 6) is 0.359. The summed E-state index contributed by atoms with van der Waals surface area (Å²) in [5.41, 5.74) is 1.48. The number of hydrogen-bond acceptors (Lipinski definition) is 6. The van der Waals surface area contributed by atoms with E-state index in [1.807, 2.05) is 32.0 Å². The molecule has 3 heterocycles. The third kappa shape index (κ3) is 3.40. The number of rotatable bonds is 4. The summed E-state index contributed by atoms with van der Waals surface area (Å²) in [6.07, 6.45) is 5.02. The second kappa shape index (κ2) is 6.62. The van der Waals surface area contributed by atoms with Gasteiger partial charge in [0.1, 0.15) is 4.88 Å². The summed E-state index contributed by atoms with van der Waals surface area (Å²) in [4.78, 5) is 30.0. The van der Waals surface area contributed by atoms with Gasteiger partial charge in [-0.3, -0.25) is 9.78 Å². The zero-order valence-electron chi connectivity index (χ0n) is 12.7. The Labute approximate surface area is 137 Å². The van der Waals surface area contributed by atoms with Crippen molar-refractivity contribution in [2.75, 3.05) is 0 Å². The normalized spacial score (nSPS) is 11.9. The standard InChI is InChI=1S/C16H15N5OS/c1-10(12-6-3-4-7-17-12)20-15(22)13-11(2)21-16(23-13)14-18-8-5-9-19-14/h3-10H,1-2H3,(H,20,22)/t10-/m1/s1. The van der Waals surface area contributed by atoms with Gasteiger partial charge in [-0.05, 0) is 32.0 Å². The summed E-state index contributed by atoms with van der Waals surface area (Å²) in [7, 11) is 0. The number of amides is 1. The highest BCUT2D eigenvalue weighted by Crippen LogP contribution is 2.25. The van der Waals surface area contributed by atoms with Crippen LogP contribution in [0.25, 0.3) is 10.8 Å². The van der Waals surface area contributed by atoms with E-state index < -0.39 is 0 Å². The van der Waals surface area contributed by atoms with Crippen LogP contribution in [0.4, 0.5) is 0 Å². The van der Waals surface area contributed by atoms with Crippen LogP contribution in [0.3, 0.4) is 0 Å². The van der Waals surface area contributed by atoms with Crippen molar-refractivity contribution in [2.45, 2.75) is 19.9 Å². The molecule has 3 rings (SSSR count). The Hall–Kier alpha value is -2.67. The first-order valence-electron chi connectivity index (χ1n) is 7.12. The highest BCUT2D eigenvalue weighted by Gasteiger charge is 2.19. The molecule has 0 saturated heterocycles. The van der Waals surface area contributed by atoms with Gasteiger partial charge in [-0.15, -0.1) is 11.3 Å². The van der Waals surface area contributed by atoms with E-state index in [9.17, 15) is 4.79 Å². The Morgan fingerprint density at radius 3 is 2.57 bits per heavy atom. The molecule has 0 aliphatic heterocycles. The molecule has 0 unspecified atom stereocenters. The summed E-state index contributed by atoms with van der Waals surface area (Å²) < 4.78 is 0. The van der Waals surface area contributed by atoms with Crippen molar-refractivity contribution < 1.29 is 4.79 Å². The highest BCUT2D eigenvalue weighted by molar-refractivity contribution is 7.17. The number of nitrogens with zero attached hydrogens (tertiary/aromatic N) is 4. The average molecular weight is 325 g/mol. The third-order valence-corrected chi connectivity index (χ3v) is 4.39. The number of nitrogens with one attached hydrogen (secondary N) is 1. The van der Waals surface area contributed by atoms with Crippen LogP contribution in [0.15, 0.2) is 42.9 Å². The Bertz CT molecular complexity index is 804. The maximum Gasteiger partial charge on any atom is 0.263 e. The van der Waals surface area contributed by atoms with Gasteiger partial charge in [-0.2, -0.15) is 0 Å². The molecule has 23 heavy (non-hydrogen) atoms. The molecule has 0 spiro atoms. The van der Waals surface area contributed by atoms with Gasteiger partial charge in [0.05, 0.1) is 17.4 Å². The molecular weight excluding hydrogens is 310 g/mol. The second-order valence-corrected chi connectivity index (χ2v) is 5.95. The fraction of sp³-hybridized carbons (Fsp3) is 0.188. The van der Waals surface area contributed by atoms with Crippen molar-refractivity contribution >= 4 is 17.2 Å². The highest BCUT2D eigenvalue weighted by atomic mass is 32.1. The Balaban J connectivity index is 1.79. The van der Waals surface area contributed by atoms with Crippen molar-refractivity contribution in [1.29, 1.82) is 0 Å². The zero-order chi connectivity index (χ0) is 16.2. The number of pyridine rings is 1. The Kier molecular flexibility index (Phi) is 4.38. The largest absolute Gasteiger partial charge is 0.343 e. The van der Waals surface area contributed by atoms with Gasteiger partial charge in [0, 0.05) is 18.6 Å². The van der Waals surface area contributed by atoms with E-state index in [1.54, 1.807) is 24.7 Å². The lowest BCUT2D eigenvalue weighted by Crippen LogP contribution is -2.27. The van der Waals surface area contributed by atoms with Crippen molar-refractivity contribution in [1.82, 2.24) is 25.3 Å². The first kappa shape index (κ1) is 15.2. The van der Waals surface area contributed by atoms with Gasteiger partial charge in [0.15, 0.2) is 10.8 Å². The number of aryl methyl sites for hydroxylation is 1. The molecule has 0 aliphatic rings. The minimum atomic E-state index is -0.179. The topological polar surface area (TPSA) is 80.7 Å². The minimum absolute atomic E-state index is 0.166. The van der Waals surface area contributed by atoms with Crippen LogP contribution < -0.4 is 5.32 Å². The second-order valence-electron chi connectivity index (χ2n) is 4.96. The van der Waals surface area contributed by atoms with Gasteiger partial charge >= 0.3 is 0 Å². The molecule has 1 atom stereocenters. The van der Waals surface area contributed by atoms with Crippen LogP contribution >= 0.6 is 11.3 Å². The lowest BCUT2D eigenvalue weighted by atomic mass is 10.2. The van der Waals surface area contributed by atoms with E-state index >= 15 is 0 Å². The van der Waals surface area contributed by atoms with Crippen LogP contribution in [-0.4, -0.2) is 25.8 Å². The smallest absolute Gasteiger partial charge is 0.263 e. The van der Waals surface area contributed by atoms with E-state index in [2.05, 4.69) is 25.3 Å². The van der Waals surface area contributed by atoms with Crippen molar-refractivity contribution in [3.8, 4) is 10.8 Å². The van der Waals surface area contributed by atoms with Gasteiger partial charge < -0.3 is 5.32 Å². The van der Waals surface area contributed by atoms with Gasteiger partial charge in [-0.25, -0.2) is 15.0 Å². The molecule has 116 valence electrons. The Morgan fingerprint density at radius 2 is 1.87 bits per heavy atom. The number of thiazole rings is 1. The predicted octanol–water partition coefficient (Wildman–Crippen LogP) is 2.79. The maximum atomic E-state index is 12.5. The molecule has 0 fully saturated rings. The molecule has 0 radical (unpaired) electrons. The van der Waals surface area contributed by atoms with Gasteiger partial charge in [-0.1, -0.05) is 6.07 Å². The molecule has 0 bridgehead atoms. The number of carbonyl (C=O) groups is 1. The van der Waals surface area contributed by atoms with Crippen molar-refractivity contribution in [3.05, 3.63) is 59.1 Å². The van der Waals surface area contributed by atoms with Crippen molar-refractivity contribution in [3.63, 3.8) is 0 Å². The molecule has 0 aliphatic carbocycles. The molecule has 1 N–H and O–H groups in total. The lowest BCUT2D eigenvalue weighted by Gasteiger charge is -2.12. The maximum absolute atomic E-state index is 12.5. The van der Waals surface area contributed by atoms with Crippen molar-refractivity contribution in [2.24, 2.45) is 0 Å². The fourth-order valence-corrected chi connectivity index (χ4v) is 3.00. The van der Waals surface area contributed by atoms with E-state index in [0.717, 1.165) is 5.69 Å². The Morgan fingerprint density at radius 1 is 1.13 bits per heavy atom. The molecule has 1 amide bonds. The van der Waals surface area contributed by atoms with Crippen LogP contribution in [0.2, 0.25) is 0 Å². The summed E-state index contributed by atoms with van der Waals surface area (Å²) in [5, 5.41) is 3.58. The molecule has 7 heteroatoms. The van der Waals surface area contributed by atoms with Crippen LogP contribution in [0, 0.1) is 6.92 Å². The van der Waals surface area contributed by atoms with E-state index in [0.29, 0.717) is 21.4 Å². The molecule has 6 nitrogen and oxygen atoms in total. The quantitative estimate of drug-likeness (QED) is 0.798. The first-order valence-corrected chi connectivity index (χ1v) is 7.93. The van der Waals surface area contributed by atoms with Gasteiger partial charge in [0.2, 0.25) is 0 Å². The van der Waals surface area contributed by atoms with Crippen LogP contribution in [0.1, 0.15) is 34.0 Å². The molecule has 0 aromatic carbocycles. The lowest BCUT2D eigenvalue weighted by molar-refractivity contribution is 0.0942. The average Bonchev–Trinajstić information content (AvgIpc) is 2.98. The fourth-order valence-electron chi connectivity index (χ4n) is 2.08. The molecular formula is C16H15N5OS. The molecule has 3 aromatic rings.